The number of hydrogen-bond donors (Lipinski definition) is 4. The molecule has 0 radical (unpaired) electrons. The summed E-state index contributed by atoms with van der Waals surface area (Å²) in [6, 6.07) is 5.82. The first-order chi connectivity index (χ1) is 9.04. The van der Waals surface area contributed by atoms with Crippen LogP contribution in [-0.2, 0) is 0 Å². The molecule has 6 heteroatoms. The van der Waals surface area contributed by atoms with Crippen LogP contribution in [0.2, 0.25) is 0 Å². The maximum absolute atomic E-state index is 11.7. The number of allylic oxidation sites excluding steroid dienone is 3. The molecule has 0 aromatic heterocycles. The zero-order valence-electron chi connectivity index (χ0n) is 10.1. The Morgan fingerprint density at radius 1 is 1.37 bits per heavy atom. The van der Waals surface area contributed by atoms with E-state index in [2.05, 4.69) is 11.2 Å². The van der Waals surface area contributed by atoms with Crippen LogP contribution < -0.4 is 16.5 Å². The third-order valence-electron chi connectivity index (χ3n) is 2.20. The van der Waals surface area contributed by atoms with Crippen LogP contribution in [0, 0.1) is 12.3 Å². The molecule has 0 aliphatic heterocycles. The van der Waals surface area contributed by atoms with Crippen molar-refractivity contribution < 1.29 is 14.8 Å². The molecule has 0 saturated carbocycles. The minimum absolute atomic E-state index is 0.155. The molecule has 0 atom stereocenters. The molecular formula is C13H13BN2O3. The van der Waals surface area contributed by atoms with E-state index in [4.69, 9.17) is 22.2 Å². The van der Waals surface area contributed by atoms with Crippen molar-refractivity contribution >= 4 is 18.5 Å². The molecule has 0 heterocycles. The van der Waals surface area contributed by atoms with E-state index >= 15 is 0 Å². The number of nitrogens with one attached hydrogen (secondary N) is 1. The molecule has 0 aliphatic carbocycles. The zero-order valence-corrected chi connectivity index (χ0v) is 10.1. The zero-order chi connectivity index (χ0) is 14.3. The first-order valence-corrected chi connectivity index (χ1v) is 5.40. The van der Waals surface area contributed by atoms with Gasteiger partial charge < -0.3 is 21.1 Å². The number of hydrogen-bond acceptors (Lipinski definition) is 4. The van der Waals surface area contributed by atoms with Crippen LogP contribution >= 0.6 is 0 Å². The number of carbonyl (C=O) groups excluding carboxylic acids is 1. The van der Waals surface area contributed by atoms with Gasteiger partial charge >= 0.3 is 7.12 Å². The molecule has 19 heavy (non-hydrogen) atoms. The Balaban J connectivity index is 2.71. The SMILES string of the molecule is C#C/C=C\C=C(/N)NC(=O)c1ccc(B(O)O)cc1. The molecule has 0 aliphatic rings. The van der Waals surface area contributed by atoms with E-state index in [9.17, 15) is 4.79 Å². The monoisotopic (exact) mass is 256 g/mol. The Labute approximate surface area is 111 Å². The average molecular weight is 256 g/mol. The summed E-state index contributed by atoms with van der Waals surface area (Å²) in [5, 5.41) is 20.3. The highest BCUT2D eigenvalue weighted by atomic mass is 16.4. The van der Waals surface area contributed by atoms with Crippen LogP contribution in [0.3, 0.4) is 0 Å². The van der Waals surface area contributed by atoms with Crippen molar-refractivity contribution in [2.24, 2.45) is 5.73 Å². The van der Waals surface area contributed by atoms with Gasteiger partial charge in [0.05, 0.1) is 0 Å². The molecule has 96 valence electrons. The van der Waals surface area contributed by atoms with E-state index in [0.29, 0.717) is 11.0 Å². The van der Waals surface area contributed by atoms with E-state index in [0.717, 1.165) is 0 Å². The van der Waals surface area contributed by atoms with Gasteiger partial charge in [-0.3, -0.25) is 4.79 Å². The Bertz CT molecular complexity index is 542. The van der Waals surface area contributed by atoms with Gasteiger partial charge in [-0.2, -0.15) is 0 Å². The van der Waals surface area contributed by atoms with Crippen LogP contribution in [0.4, 0.5) is 0 Å². The summed E-state index contributed by atoms with van der Waals surface area (Å²) in [5.41, 5.74) is 6.21. The minimum atomic E-state index is -1.56. The van der Waals surface area contributed by atoms with Crippen LogP contribution in [0.15, 0.2) is 48.3 Å². The maximum Gasteiger partial charge on any atom is 0.488 e. The van der Waals surface area contributed by atoms with Gasteiger partial charge in [0.2, 0.25) is 0 Å². The Kier molecular flexibility index (Phi) is 5.42. The molecule has 0 unspecified atom stereocenters. The predicted molar refractivity (Wildman–Crippen MR) is 74.0 cm³/mol. The van der Waals surface area contributed by atoms with E-state index < -0.39 is 13.0 Å². The number of rotatable bonds is 4. The van der Waals surface area contributed by atoms with Crippen molar-refractivity contribution in [3.63, 3.8) is 0 Å². The van der Waals surface area contributed by atoms with E-state index in [1.807, 2.05) is 0 Å². The van der Waals surface area contributed by atoms with Crippen molar-refractivity contribution in [1.82, 2.24) is 5.32 Å². The van der Waals surface area contributed by atoms with Gasteiger partial charge in [0.25, 0.3) is 5.91 Å². The highest BCUT2D eigenvalue weighted by molar-refractivity contribution is 6.58. The normalized spacial score (nSPS) is 11.1. The van der Waals surface area contributed by atoms with Gasteiger partial charge in [0.15, 0.2) is 0 Å². The lowest BCUT2D eigenvalue weighted by Crippen LogP contribution is -2.31. The van der Waals surface area contributed by atoms with E-state index in [1.165, 1.54) is 42.5 Å². The van der Waals surface area contributed by atoms with Crippen molar-refractivity contribution in [1.29, 1.82) is 0 Å². The third kappa shape index (κ3) is 4.72. The summed E-state index contributed by atoms with van der Waals surface area (Å²) in [5.74, 6) is 2.04. The Morgan fingerprint density at radius 3 is 2.53 bits per heavy atom. The summed E-state index contributed by atoms with van der Waals surface area (Å²) in [7, 11) is -1.56. The molecule has 1 rings (SSSR count). The molecule has 0 saturated heterocycles. The predicted octanol–water partition coefficient (Wildman–Crippen LogP) is -0.914. The smallest absolute Gasteiger partial charge is 0.423 e. The number of amides is 1. The standard InChI is InChI=1S/C13H13BN2O3/c1-2-3-4-5-12(15)16-13(17)10-6-8-11(9-7-10)14(18)19/h1,3-9,18-19H,15H2,(H,16,17)/b4-3-,12-5+. The lowest BCUT2D eigenvalue weighted by atomic mass is 9.80. The number of nitrogens with two attached hydrogens (primary N) is 1. The molecule has 5 nitrogen and oxygen atoms in total. The molecule has 0 fully saturated rings. The number of benzene rings is 1. The number of carbonyl (C=O) groups is 1. The molecule has 1 aromatic rings. The van der Waals surface area contributed by atoms with Gasteiger partial charge in [-0.1, -0.05) is 24.1 Å². The summed E-state index contributed by atoms with van der Waals surface area (Å²) < 4.78 is 0. The number of terminal acetylenes is 1. The average Bonchev–Trinajstić information content (AvgIpc) is 2.39. The summed E-state index contributed by atoms with van der Waals surface area (Å²) >= 11 is 0. The highest BCUT2D eigenvalue weighted by Crippen LogP contribution is 1.98. The molecule has 1 aromatic carbocycles. The van der Waals surface area contributed by atoms with Gasteiger partial charge in [0, 0.05) is 5.56 Å². The quantitative estimate of drug-likeness (QED) is 0.318. The van der Waals surface area contributed by atoms with Gasteiger partial charge in [0.1, 0.15) is 5.82 Å². The third-order valence-corrected chi connectivity index (χ3v) is 2.20. The lowest BCUT2D eigenvalue weighted by Gasteiger charge is -2.05. The fraction of sp³-hybridized carbons (Fsp3) is 0. The second-order valence-corrected chi connectivity index (χ2v) is 3.60. The van der Waals surface area contributed by atoms with Crippen LogP contribution in [0.5, 0.6) is 0 Å². The molecule has 5 N–H and O–H groups in total. The summed E-state index contributed by atoms with van der Waals surface area (Å²) in [6.07, 6.45) is 9.44. The largest absolute Gasteiger partial charge is 0.488 e. The minimum Gasteiger partial charge on any atom is -0.423 e. The van der Waals surface area contributed by atoms with Crippen molar-refractivity contribution in [2.75, 3.05) is 0 Å². The van der Waals surface area contributed by atoms with Gasteiger partial charge in [-0.05, 0) is 29.7 Å². The van der Waals surface area contributed by atoms with Gasteiger partial charge in [-0.25, -0.2) is 0 Å². The van der Waals surface area contributed by atoms with Crippen LogP contribution in [-0.4, -0.2) is 23.1 Å². The molecule has 0 bridgehead atoms. The second-order valence-electron chi connectivity index (χ2n) is 3.60. The first-order valence-electron chi connectivity index (χ1n) is 5.40. The van der Waals surface area contributed by atoms with Crippen molar-refractivity contribution in [2.45, 2.75) is 0 Å². The van der Waals surface area contributed by atoms with Crippen molar-refractivity contribution in [3.8, 4) is 12.3 Å². The summed E-state index contributed by atoms with van der Waals surface area (Å²) in [6.45, 7) is 0. The fourth-order valence-corrected chi connectivity index (χ4v) is 1.26. The Morgan fingerprint density at radius 2 is 2.00 bits per heavy atom. The molecular weight excluding hydrogens is 243 g/mol. The summed E-state index contributed by atoms with van der Waals surface area (Å²) in [4.78, 5) is 11.7. The fourth-order valence-electron chi connectivity index (χ4n) is 1.26. The van der Waals surface area contributed by atoms with E-state index in [-0.39, 0.29) is 5.82 Å². The molecule has 0 spiro atoms. The van der Waals surface area contributed by atoms with E-state index in [1.54, 1.807) is 0 Å². The molecule has 1 amide bonds. The second kappa shape index (κ2) is 7.06. The Hall–Kier alpha value is -2.49. The van der Waals surface area contributed by atoms with Gasteiger partial charge in [-0.15, -0.1) is 6.42 Å². The topological polar surface area (TPSA) is 95.6 Å². The maximum atomic E-state index is 11.7. The van der Waals surface area contributed by atoms with Crippen molar-refractivity contribution in [3.05, 3.63) is 53.9 Å². The van der Waals surface area contributed by atoms with Crippen LogP contribution in [0.25, 0.3) is 0 Å². The van der Waals surface area contributed by atoms with Crippen LogP contribution in [0.1, 0.15) is 10.4 Å². The highest BCUT2D eigenvalue weighted by Gasteiger charge is 2.12. The lowest BCUT2D eigenvalue weighted by molar-refractivity contribution is 0.0965. The first kappa shape index (κ1) is 14.6.